The van der Waals surface area contributed by atoms with Crippen molar-refractivity contribution >= 4 is 11.9 Å². The van der Waals surface area contributed by atoms with Gasteiger partial charge in [-0.3, -0.25) is 4.79 Å². The molecule has 0 amide bonds. The van der Waals surface area contributed by atoms with Crippen LogP contribution in [0, 0.1) is 0 Å². The van der Waals surface area contributed by atoms with Crippen molar-refractivity contribution < 1.29 is 19.4 Å². The number of hydrogen-bond acceptors (Lipinski definition) is 5. The van der Waals surface area contributed by atoms with Crippen molar-refractivity contribution in [3.05, 3.63) is 96.1 Å². The second-order valence-electron chi connectivity index (χ2n) is 7.68. The van der Waals surface area contributed by atoms with Crippen LogP contribution in [-0.4, -0.2) is 42.7 Å². The number of carbonyl (C=O) groups is 2. The summed E-state index contributed by atoms with van der Waals surface area (Å²) in [5.41, 5.74) is 2.89. The third kappa shape index (κ3) is 4.69. The van der Waals surface area contributed by atoms with Crippen molar-refractivity contribution in [1.29, 1.82) is 0 Å². The monoisotopic (exact) mass is 432 g/mol. The lowest BCUT2D eigenvalue weighted by Crippen LogP contribution is -2.32. The number of benzene rings is 1. The van der Waals surface area contributed by atoms with Gasteiger partial charge in [0.1, 0.15) is 6.10 Å². The van der Waals surface area contributed by atoms with E-state index in [9.17, 15) is 14.7 Å². The third-order valence-corrected chi connectivity index (χ3v) is 5.48. The molecule has 0 aliphatic heterocycles. The molecule has 32 heavy (non-hydrogen) atoms. The summed E-state index contributed by atoms with van der Waals surface area (Å²) in [6, 6.07) is 13.1. The van der Waals surface area contributed by atoms with Gasteiger partial charge >= 0.3 is 11.9 Å². The molecule has 0 saturated carbocycles. The van der Waals surface area contributed by atoms with Gasteiger partial charge in [0.15, 0.2) is 0 Å². The predicted molar refractivity (Wildman–Crippen MR) is 117 cm³/mol. The molecule has 2 atom stereocenters. The highest BCUT2D eigenvalue weighted by atomic mass is 16.5. The molecule has 164 valence electrons. The molecule has 1 N–H and O–H groups in total. The van der Waals surface area contributed by atoms with Crippen LogP contribution in [-0.2, 0) is 14.3 Å². The standard InChI is InChI=1S/C24H24N4O4/c1-17-15-19(9-10-20(17)21(16-22(29)30)18-7-3-2-4-8-18)32-24(31)23(27-13-5-11-25-27)28-14-6-12-26-28/h2-14,19,21,23H,15-16H2,1H3,(H,29,30). The quantitative estimate of drug-likeness (QED) is 0.546. The molecule has 1 aliphatic rings. The smallest absolute Gasteiger partial charge is 0.354 e. The maximum atomic E-state index is 13.0. The molecule has 0 saturated heterocycles. The van der Waals surface area contributed by atoms with E-state index < -0.39 is 24.2 Å². The SMILES string of the molecule is CC1=C(C(CC(=O)O)c2ccccc2)C=CC(OC(=O)C(n2cccn2)n2cccn2)C1. The Balaban J connectivity index is 1.52. The molecule has 8 nitrogen and oxygen atoms in total. The molecular formula is C24H24N4O4. The van der Waals surface area contributed by atoms with E-state index in [0.29, 0.717) is 6.42 Å². The topological polar surface area (TPSA) is 99.2 Å². The molecule has 3 aromatic rings. The highest BCUT2D eigenvalue weighted by molar-refractivity contribution is 5.74. The van der Waals surface area contributed by atoms with Crippen molar-refractivity contribution in [2.75, 3.05) is 0 Å². The average molecular weight is 432 g/mol. The van der Waals surface area contributed by atoms with Crippen LogP contribution in [0.2, 0.25) is 0 Å². The first-order valence-electron chi connectivity index (χ1n) is 10.4. The first kappa shape index (κ1) is 21.3. The summed E-state index contributed by atoms with van der Waals surface area (Å²) in [6.45, 7) is 1.95. The van der Waals surface area contributed by atoms with Gasteiger partial charge in [-0.2, -0.15) is 10.2 Å². The van der Waals surface area contributed by atoms with E-state index in [1.165, 1.54) is 9.36 Å². The van der Waals surface area contributed by atoms with Crippen LogP contribution in [0.4, 0.5) is 0 Å². The fourth-order valence-electron chi connectivity index (χ4n) is 4.00. The van der Waals surface area contributed by atoms with E-state index in [0.717, 1.165) is 16.7 Å². The van der Waals surface area contributed by atoms with E-state index >= 15 is 0 Å². The number of carboxylic acids is 1. The summed E-state index contributed by atoms with van der Waals surface area (Å²) in [6.07, 6.45) is 9.44. The second kappa shape index (κ2) is 9.47. The molecule has 0 radical (unpaired) electrons. The van der Waals surface area contributed by atoms with Crippen LogP contribution >= 0.6 is 0 Å². The van der Waals surface area contributed by atoms with Crippen molar-refractivity contribution in [2.24, 2.45) is 0 Å². The van der Waals surface area contributed by atoms with Crippen molar-refractivity contribution in [2.45, 2.75) is 38.0 Å². The largest absolute Gasteiger partial charge is 0.481 e. The Morgan fingerprint density at radius 3 is 2.28 bits per heavy atom. The lowest BCUT2D eigenvalue weighted by molar-refractivity contribution is -0.152. The number of aromatic nitrogens is 4. The number of esters is 1. The Bertz CT molecular complexity index is 1080. The van der Waals surface area contributed by atoms with Crippen LogP contribution in [0.1, 0.15) is 37.4 Å². The van der Waals surface area contributed by atoms with Crippen LogP contribution in [0.3, 0.4) is 0 Å². The number of carboxylic acid groups (broad SMARTS) is 1. The summed E-state index contributed by atoms with van der Waals surface area (Å²) < 4.78 is 8.78. The van der Waals surface area contributed by atoms with E-state index in [-0.39, 0.29) is 12.3 Å². The second-order valence-corrected chi connectivity index (χ2v) is 7.68. The fourth-order valence-corrected chi connectivity index (χ4v) is 4.00. The van der Waals surface area contributed by atoms with Crippen molar-refractivity contribution in [1.82, 2.24) is 19.6 Å². The number of carbonyl (C=O) groups excluding carboxylic acids is 1. The molecule has 2 heterocycles. The predicted octanol–water partition coefficient (Wildman–Crippen LogP) is 3.57. The van der Waals surface area contributed by atoms with Gasteiger partial charge in [0.2, 0.25) is 6.17 Å². The molecule has 4 rings (SSSR count). The lowest BCUT2D eigenvalue weighted by atomic mass is 9.82. The number of aliphatic carboxylic acids is 1. The number of nitrogens with zero attached hydrogens (tertiary/aromatic N) is 4. The molecular weight excluding hydrogens is 408 g/mol. The molecule has 2 unspecified atom stereocenters. The summed E-state index contributed by atoms with van der Waals surface area (Å²) >= 11 is 0. The summed E-state index contributed by atoms with van der Waals surface area (Å²) in [5.74, 6) is -1.60. The van der Waals surface area contributed by atoms with Crippen LogP contribution in [0.15, 0.2) is 90.6 Å². The zero-order chi connectivity index (χ0) is 22.5. The van der Waals surface area contributed by atoms with E-state index in [1.54, 1.807) is 36.9 Å². The Morgan fingerprint density at radius 2 is 1.75 bits per heavy atom. The normalized spacial score (nSPS) is 16.9. The Kier molecular flexibility index (Phi) is 6.30. The molecule has 0 spiro atoms. The minimum Gasteiger partial charge on any atom is -0.481 e. The van der Waals surface area contributed by atoms with Gasteiger partial charge in [-0.1, -0.05) is 42.0 Å². The highest BCUT2D eigenvalue weighted by Crippen LogP contribution is 2.35. The van der Waals surface area contributed by atoms with Gasteiger partial charge in [0, 0.05) is 37.1 Å². The first-order valence-corrected chi connectivity index (χ1v) is 10.4. The number of ether oxygens (including phenoxy) is 1. The van der Waals surface area contributed by atoms with Gasteiger partial charge in [-0.25, -0.2) is 14.2 Å². The van der Waals surface area contributed by atoms with Gasteiger partial charge in [-0.05, 0) is 36.3 Å². The Labute approximate surface area is 185 Å². The fraction of sp³-hybridized carbons (Fsp3) is 0.250. The van der Waals surface area contributed by atoms with Gasteiger partial charge in [0.05, 0.1) is 6.42 Å². The van der Waals surface area contributed by atoms with E-state index in [2.05, 4.69) is 10.2 Å². The maximum Gasteiger partial charge on any atom is 0.354 e. The number of hydrogen-bond donors (Lipinski definition) is 1. The molecule has 0 bridgehead atoms. The maximum absolute atomic E-state index is 13.0. The van der Waals surface area contributed by atoms with Crippen molar-refractivity contribution in [3.8, 4) is 0 Å². The number of allylic oxidation sites excluding steroid dienone is 2. The number of rotatable bonds is 8. The van der Waals surface area contributed by atoms with Crippen LogP contribution in [0.5, 0.6) is 0 Å². The molecule has 0 fully saturated rings. The summed E-state index contributed by atoms with van der Waals surface area (Å²) in [7, 11) is 0. The zero-order valence-electron chi connectivity index (χ0n) is 17.6. The Morgan fingerprint density at radius 1 is 1.09 bits per heavy atom. The molecule has 1 aliphatic carbocycles. The summed E-state index contributed by atoms with van der Waals surface area (Å²) in [4.78, 5) is 24.5. The highest BCUT2D eigenvalue weighted by Gasteiger charge is 2.29. The van der Waals surface area contributed by atoms with Gasteiger partial charge in [-0.15, -0.1) is 0 Å². The third-order valence-electron chi connectivity index (χ3n) is 5.48. The average Bonchev–Trinajstić information content (AvgIpc) is 3.48. The minimum absolute atomic E-state index is 0.00778. The lowest BCUT2D eigenvalue weighted by Gasteiger charge is -2.27. The van der Waals surface area contributed by atoms with E-state index in [4.69, 9.17) is 4.74 Å². The minimum atomic E-state index is -0.859. The van der Waals surface area contributed by atoms with Crippen molar-refractivity contribution in [3.63, 3.8) is 0 Å². The molecule has 8 heteroatoms. The van der Waals surface area contributed by atoms with Gasteiger partial charge in [0.25, 0.3) is 0 Å². The van der Waals surface area contributed by atoms with Crippen LogP contribution < -0.4 is 0 Å². The molecule has 1 aromatic carbocycles. The zero-order valence-corrected chi connectivity index (χ0v) is 17.6. The summed E-state index contributed by atoms with van der Waals surface area (Å²) in [5, 5.41) is 17.8. The van der Waals surface area contributed by atoms with Crippen LogP contribution in [0.25, 0.3) is 0 Å². The van der Waals surface area contributed by atoms with E-state index in [1.807, 2.05) is 49.4 Å². The van der Waals surface area contributed by atoms with Gasteiger partial charge < -0.3 is 9.84 Å². The first-order chi connectivity index (χ1) is 15.5. The molecule has 2 aromatic heterocycles. The Hall–Kier alpha value is -3.94.